The molecule has 5 aromatic rings. The Kier molecular flexibility index (Phi) is 5.67. The van der Waals surface area contributed by atoms with E-state index in [0.717, 1.165) is 54.1 Å². The number of hydrogen-bond acceptors (Lipinski definition) is 4. The Hall–Kier alpha value is -4.12. The molecule has 0 saturated heterocycles. The predicted molar refractivity (Wildman–Crippen MR) is 143 cm³/mol. The van der Waals surface area contributed by atoms with Gasteiger partial charge >= 0.3 is 0 Å². The van der Waals surface area contributed by atoms with Crippen LogP contribution in [0.25, 0.3) is 33.1 Å². The molecule has 5 nitrogen and oxygen atoms in total. The van der Waals surface area contributed by atoms with Gasteiger partial charge in [-0.2, -0.15) is 0 Å². The van der Waals surface area contributed by atoms with E-state index >= 15 is 0 Å². The molecule has 3 heterocycles. The Balaban J connectivity index is 1.28. The summed E-state index contributed by atoms with van der Waals surface area (Å²) in [5.41, 5.74) is 9.36. The van der Waals surface area contributed by atoms with Gasteiger partial charge in [0.05, 0.1) is 23.2 Å². The normalized spacial score (nSPS) is 15.1. The molecule has 0 bridgehead atoms. The fourth-order valence-corrected chi connectivity index (χ4v) is 4.86. The Morgan fingerprint density at radius 2 is 1.86 bits per heavy atom. The predicted octanol–water partition coefficient (Wildman–Crippen LogP) is 6.70. The van der Waals surface area contributed by atoms with E-state index < -0.39 is 0 Å². The molecule has 6 rings (SSSR count). The van der Waals surface area contributed by atoms with Crippen LogP contribution in [0.4, 0.5) is 5.95 Å². The van der Waals surface area contributed by atoms with Crippen LogP contribution in [0.5, 0.6) is 5.75 Å². The molecule has 1 aliphatic rings. The topological polar surface area (TPSA) is 62.8 Å². The summed E-state index contributed by atoms with van der Waals surface area (Å²) < 4.78 is 6.20. The third kappa shape index (κ3) is 4.37. The van der Waals surface area contributed by atoms with Crippen molar-refractivity contribution in [3.63, 3.8) is 0 Å². The number of imidazole rings is 1. The van der Waals surface area contributed by atoms with Crippen molar-refractivity contribution < 1.29 is 4.74 Å². The third-order valence-electron chi connectivity index (χ3n) is 6.67. The molecule has 0 saturated carbocycles. The zero-order valence-electron chi connectivity index (χ0n) is 19.8. The van der Waals surface area contributed by atoms with E-state index in [0.29, 0.717) is 6.61 Å². The standard InChI is InChI=1S/C30H28N4O/c1-2-31-30-33-27-11-9-22(19-28(27)34-30)21-10-12-29-24(18-21)8-7-20(14-16-35-29)17-23-13-15-32-26-6-4-3-5-25(23)26/h3-7,9-13,15,18-19H,2,8,14,16-17H2,1H3,(H2,31,33,34)/b20-7+. The fourth-order valence-electron chi connectivity index (χ4n) is 4.86. The highest BCUT2D eigenvalue weighted by molar-refractivity contribution is 5.84. The summed E-state index contributed by atoms with van der Waals surface area (Å²) in [7, 11) is 0. The second-order valence-electron chi connectivity index (χ2n) is 9.00. The Labute approximate surface area is 204 Å². The van der Waals surface area contributed by atoms with E-state index in [9.17, 15) is 0 Å². The van der Waals surface area contributed by atoms with Gasteiger partial charge in [0.15, 0.2) is 0 Å². The number of aromatic nitrogens is 3. The SMILES string of the molecule is CCNc1nc2ccc(-c3ccc4c(c3)C/C=C(/Cc3ccnc5ccccc35)CCO4)cc2[nH]1. The largest absolute Gasteiger partial charge is 0.493 e. The first-order valence-corrected chi connectivity index (χ1v) is 12.3. The van der Waals surface area contributed by atoms with Gasteiger partial charge < -0.3 is 15.0 Å². The van der Waals surface area contributed by atoms with Crippen LogP contribution in [-0.2, 0) is 12.8 Å². The summed E-state index contributed by atoms with van der Waals surface area (Å²) >= 11 is 0. The van der Waals surface area contributed by atoms with Gasteiger partial charge in [-0.05, 0) is 78.4 Å². The van der Waals surface area contributed by atoms with Crippen molar-refractivity contribution in [3.05, 3.63) is 95.7 Å². The van der Waals surface area contributed by atoms with Gasteiger partial charge in [-0.1, -0.05) is 42.0 Å². The molecule has 2 N–H and O–H groups in total. The van der Waals surface area contributed by atoms with Crippen LogP contribution >= 0.6 is 0 Å². The number of allylic oxidation sites excluding steroid dienone is 1. The lowest BCUT2D eigenvalue weighted by molar-refractivity contribution is 0.316. The second-order valence-corrected chi connectivity index (χ2v) is 9.00. The van der Waals surface area contributed by atoms with Gasteiger partial charge in [-0.25, -0.2) is 4.98 Å². The number of aromatic amines is 1. The van der Waals surface area contributed by atoms with Gasteiger partial charge in [0.1, 0.15) is 5.75 Å². The smallest absolute Gasteiger partial charge is 0.201 e. The molecule has 174 valence electrons. The zero-order chi connectivity index (χ0) is 23.6. The number of hydrogen-bond donors (Lipinski definition) is 2. The number of H-pyrrole nitrogens is 1. The van der Waals surface area contributed by atoms with Crippen LogP contribution in [0.3, 0.4) is 0 Å². The van der Waals surface area contributed by atoms with Crippen molar-refractivity contribution in [2.45, 2.75) is 26.2 Å². The van der Waals surface area contributed by atoms with E-state index in [1.54, 1.807) is 0 Å². The zero-order valence-corrected chi connectivity index (χ0v) is 19.8. The quantitative estimate of drug-likeness (QED) is 0.286. The van der Waals surface area contributed by atoms with Crippen LogP contribution in [0, 0.1) is 0 Å². The van der Waals surface area contributed by atoms with Gasteiger partial charge in [0.25, 0.3) is 0 Å². The maximum absolute atomic E-state index is 6.20. The first kappa shape index (κ1) is 21.4. The molecule has 3 aromatic carbocycles. The molecular formula is C30H28N4O. The minimum atomic E-state index is 0.689. The molecule has 35 heavy (non-hydrogen) atoms. The Morgan fingerprint density at radius 1 is 0.971 bits per heavy atom. The number of fused-ring (bicyclic) bond motifs is 3. The molecule has 0 unspecified atom stereocenters. The number of rotatable bonds is 5. The third-order valence-corrected chi connectivity index (χ3v) is 6.67. The van der Waals surface area contributed by atoms with Crippen LogP contribution in [0.2, 0.25) is 0 Å². The number of nitrogens with zero attached hydrogens (tertiary/aromatic N) is 2. The summed E-state index contributed by atoms with van der Waals surface area (Å²) in [4.78, 5) is 12.5. The molecule has 0 radical (unpaired) electrons. The molecule has 1 aliphatic heterocycles. The number of nitrogens with one attached hydrogen (secondary N) is 2. The first-order chi connectivity index (χ1) is 17.3. The fraction of sp³-hybridized carbons (Fsp3) is 0.200. The van der Waals surface area contributed by atoms with E-state index in [4.69, 9.17) is 4.74 Å². The Morgan fingerprint density at radius 3 is 2.80 bits per heavy atom. The molecule has 2 aromatic heterocycles. The van der Waals surface area contributed by atoms with E-state index in [2.05, 4.69) is 93.9 Å². The number of anilines is 1. The summed E-state index contributed by atoms with van der Waals surface area (Å²) in [5.74, 6) is 1.79. The lowest BCUT2D eigenvalue weighted by Crippen LogP contribution is -2.07. The highest BCUT2D eigenvalue weighted by atomic mass is 16.5. The van der Waals surface area contributed by atoms with Crippen LogP contribution < -0.4 is 10.1 Å². The van der Waals surface area contributed by atoms with Crippen molar-refractivity contribution in [1.82, 2.24) is 15.0 Å². The van der Waals surface area contributed by atoms with Crippen LogP contribution in [0.15, 0.2) is 84.6 Å². The molecule has 0 fully saturated rings. The van der Waals surface area contributed by atoms with Gasteiger partial charge in [0, 0.05) is 24.5 Å². The number of ether oxygens (including phenoxy) is 1. The van der Waals surface area contributed by atoms with E-state index in [1.165, 1.54) is 33.2 Å². The maximum Gasteiger partial charge on any atom is 0.201 e. The molecular weight excluding hydrogens is 432 g/mol. The molecule has 0 aliphatic carbocycles. The van der Waals surface area contributed by atoms with Crippen molar-refractivity contribution in [1.29, 1.82) is 0 Å². The summed E-state index contributed by atoms with van der Waals surface area (Å²) in [6, 6.07) is 23.4. The average molecular weight is 461 g/mol. The summed E-state index contributed by atoms with van der Waals surface area (Å²) in [5, 5.41) is 4.48. The highest BCUT2D eigenvalue weighted by Crippen LogP contribution is 2.31. The van der Waals surface area contributed by atoms with Crippen molar-refractivity contribution in [3.8, 4) is 16.9 Å². The second kappa shape index (κ2) is 9.26. The highest BCUT2D eigenvalue weighted by Gasteiger charge is 2.13. The lowest BCUT2D eigenvalue weighted by atomic mass is 9.95. The molecule has 0 spiro atoms. The number of benzene rings is 3. The molecule has 0 amide bonds. The minimum Gasteiger partial charge on any atom is -0.493 e. The van der Waals surface area contributed by atoms with Crippen molar-refractivity contribution >= 4 is 27.9 Å². The molecule has 5 heteroatoms. The Bertz CT molecular complexity index is 1540. The lowest BCUT2D eigenvalue weighted by Gasteiger charge is -2.18. The van der Waals surface area contributed by atoms with E-state index in [-0.39, 0.29) is 0 Å². The number of para-hydroxylation sites is 1. The first-order valence-electron chi connectivity index (χ1n) is 12.3. The van der Waals surface area contributed by atoms with Gasteiger partial charge in [0.2, 0.25) is 5.95 Å². The monoisotopic (exact) mass is 460 g/mol. The van der Waals surface area contributed by atoms with Gasteiger partial charge in [-0.3, -0.25) is 4.98 Å². The minimum absolute atomic E-state index is 0.689. The summed E-state index contributed by atoms with van der Waals surface area (Å²) in [6.45, 7) is 3.59. The van der Waals surface area contributed by atoms with Crippen molar-refractivity contribution in [2.75, 3.05) is 18.5 Å². The van der Waals surface area contributed by atoms with E-state index in [1.807, 2.05) is 12.3 Å². The summed E-state index contributed by atoms with van der Waals surface area (Å²) in [6.07, 6.45) is 7.02. The molecule has 0 atom stereocenters. The maximum atomic E-state index is 6.20. The van der Waals surface area contributed by atoms with Crippen molar-refractivity contribution in [2.24, 2.45) is 0 Å². The van der Waals surface area contributed by atoms with Gasteiger partial charge in [-0.15, -0.1) is 0 Å². The number of pyridine rings is 1. The van der Waals surface area contributed by atoms with Crippen LogP contribution in [-0.4, -0.2) is 28.1 Å². The van der Waals surface area contributed by atoms with Crippen LogP contribution in [0.1, 0.15) is 24.5 Å². The average Bonchev–Trinajstić information content (AvgIpc) is 3.28.